The second kappa shape index (κ2) is 3.53. The van der Waals surface area contributed by atoms with Crippen LogP contribution in [0.3, 0.4) is 0 Å². The predicted molar refractivity (Wildman–Crippen MR) is 67.5 cm³/mol. The number of carbonyl (C=O) groups is 1. The first-order valence-electron chi connectivity index (χ1n) is 5.73. The quantitative estimate of drug-likeness (QED) is 0.887. The normalized spacial score (nSPS) is 17.9. The predicted octanol–water partition coefficient (Wildman–Crippen LogP) is 3.11. The Balaban J connectivity index is 2.14. The summed E-state index contributed by atoms with van der Waals surface area (Å²) in [5, 5.41) is 10.4. The van der Waals surface area contributed by atoms with Crippen molar-refractivity contribution in [3.05, 3.63) is 28.8 Å². The van der Waals surface area contributed by atoms with Crippen molar-refractivity contribution < 1.29 is 9.90 Å². The fourth-order valence-electron chi connectivity index (χ4n) is 2.49. The van der Waals surface area contributed by atoms with Gasteiger partial charge in [-0.05, 0) is 37.5 Å². The molecule has 1 N–H and O–H groups in total. The van der Waals surface area contributed by atoms with E-state index >= 15 is 0 Å². The van der Waals surface area contributed by atoms with Crippen LogP contribution < -0.4 is 0 Å². The molecule has 0 spiro atoms. The minimum atomic E-state index is -0.690. The number of benzene rings is 1. The summed E-state index contributed by atoms with van der Waals surface area (Å²) in [5.74, 6) is -0.690. The molecule has 0 aliphatic heterocycles. The molecule has 0 atom stereocenters. The van der Waals surface area contributed by atoms with Crippen LogP contribution in [-0.2, 0) is 10.2 Å². The highest BCUT2D eigenvalue weighted by molar-refractivity contribution is 7.18. The molecule has 1 heterocycles. The molecule has 1 aromatic carbocycles. The van der Waals surface area contributed by atoms with Gasteiger partial charge in [0.05, 0.1) is 20.6 Å². The van der Waals surface area contributed by atoms with Crippen molar-refractivity contribution >= 4 is 27.5 Å². The third-order valence-corrected chi connectivity index (χ3v) is 4.60. The Morgan fingerprint density at radius 2 is 2.24 bits per heavy atom. The van der Waals surface area contributed by atoms with Crippen molar-refractivity contribution in [2.45, 2.75) is 31.6 Å². The fourth-order valence-corrected chi connectivity index (χ4v) is 3.36. The van der Waals surface area contributed by atoms with Gasteiger partial charge in [-0.2, -0.15) is 0 Å². The fraction of sp³-hybridized carbons (Fsp3) is 0.385. The van der Waals surface area contributed by atoms with Crippen molar-refractivity contribution in [1.29, 1.82) is 0 Å². The molecule has 0 bridgehead atoms. The molecule has 1 saturated carbocycles. The topological polar surface area (TPSA) is 50.2 Å². The summed E-state index contributed by atoms with van der Waals surface area (Å²) in [6.07, 6.45) is 2.52. The Hall–Kier alpha value is -1.42. The average molecular weight is 247 g/mol. The van der Waals surface area contributed by atoms with Gasteiger partial charge in [0, 0.05) is 0 Å². The molecule has 4 heteroatoms. The van der Waals surface area contributed by atoms with E-state index in [0.717, 1.165) is 40.1 Å². The van der Waals surface area contributed by atoms with Gasteiger partial charge in [-0.25, -0.2) is 4.98 Å². The van der Waals surface area contributed by atoms with E-state index < -0.39 is 11.4 Å². The van der Waals surface area contributed by atoms with Crippen LogP contribution in [0.25, 0.3) is 10.2 Å². The molecule has 17 heavy (non-hydrogen) atoms. The lowest BCUT2D eigenvalue weighted by Gasteiger charge is -2.38. The summed E-state index contributed by atoms with van der Waals surface area (Å²) in [5.41, 5.74) is 1.27. The van der Waals surface area contributed by atoms with E-state index in [4.69, 9.17) is 0 Å². The van der Waals surface area contributed by atoms with Gasteiger partial charge < -0.3 is 5.11 Å². The molecule has 88 valence electrons. The van der Waals surface area contributed by atoms with Gasteiger partial charge in [-0.1, -0.05) is 12.5 Å². The molecular weight excluding hydrogens is 234 g/mol. The highest BCUT2D eigenvalue weighted by Crippen LogP contribution is 2.44. The van der Waals surface area contributed by atoms with Crippen LogP contribution in [0.15, 0.2) is 18.2 Å². The molecule has 3 nitrogen and oxygen atoms in total. The van der Waals surface area contributed by atoms with Crippen molar-refractivity contribution in [3.8, 4) is 0 Å². The number of rotatable bonds is 2. The number of hydrogen-bond acceptors (Lipinski definition) is 3. The molecule has 1 fully saturated rings. The highest BCUT2D eigenvalue weighted by Gasteiger charge is 2.45. The maximum Gasteiger partial charge on any atom is 0.314 e. The summed E-state index contributed by atoms with van der Waals surface area (Å²) in [7, 11) is 0. The van der Waals surface area contributed by atoms with Gasteiger partial charge in [0.2, 0.25) is 0 Å². The van der Waals surface area contributed by atoms with Gasteiger partial charge in [-0.15, -0.1) is 11.3 Å². The maximum atomic E-state index is 11.4. The van der Waals surface area contributed by atoms with Gasteiger partial charge in [0.25, 0.3) is 0 Å². The Kier molecular flexibility index (Phi) is 2.23. The van der Waals surface area contributed by atoms with Crippen LogP contribution in [0.4, 0.5) is 0 Å². The molecule has 0 saturated heterocycles. The first-order chi connectivity index (χ1) is 8.12. The van der Waals surface area contributed by atoms with Crippen LogP contribution in [0.1, 0.15) is 29.8 Å². The summed E-state index contributed by atoms with van der Waals surface area (Å²) in [6, 6.07) is 5.87. The third-order valence-electron chi connectivity index (χ3n) is 3.66. The minimum Gasteiger partial charge on any atom is -0.481 e. The summed E-state index contributed by atoms with van der Waals surface area (Å²) < 4.78 is 1.09. The highest BCUT2D eigenvalue weighted by atomic mass is 32.1. The van der Waals surface area contributed by atoms with E-state index in [-0.39, 0.29) is 0 Å². The third kappa shape index (κ3) is 1.47. The maximum absolute atomic E-state index is 11.4. The Bertz CT molecular complexity index is 598. The van der Waals surface area contributed by atoms with Gasteiger partial charge in [0.1, 0.15) is 0 Å². The van der Waals surface area contributed by atoms with E-state index in [0.29, 0.717) is 0 Å². The van der Waals surface area contributed by atoms with Gasteiger partial charge in [-0.3, -0.25) is 4.79 Å². The second-order valence-corrected chi connectivity index (χ2v) is 5.89. The number of nitrogens with zero attached hydrogens (tertiary/aromatic N) is 1. The standard InChI is InChI=1S/C13H13NO2S/c1-8-14-10-4-3-9(7-11(10)17-8)13(12(15)16)5-2-6-13/h3-4,7H,2,5-6H2,1H3,(H,15,16). The van der Waals surface area contributed by atoms with Gasteiger partial charge in [0.15, 0.2) is 0 Å². The van der Waals surface area contributed by atoms with E-state index in [1.807, 2.05) is 25.1 Å². The molecule has 3 rings (SSSR count). The van der Waals surface area contributed by atoms with E-state index in [1.165, 1.54) is 0 Å². The molecule has 0 amide bonds. The van der Waals surface area contributed by atoms with Crippen LogP contribution in [0.2, 0.25) is 0 Å². The average Bonchev–Trinajstić information content (AvgIpc) is 2.54. The lowest BCUT2D eigenvalue weighted by Crippen LogP contribution is -2.42. The molecule has 2 aromatic rings. The first kappa shape index (κ1) is 10.7. The number of aliphatic carboxylic acids is 1. The molecule has 1 aliphatic rings. The largest absolute Gasteiger partial charge is 0.481 e. The van der Waals surface area contributed by atoms with E-state index in [9.17, 15) is 9.90 Å². The number of hydrogen-bond donors (Lipinski definition) is 1. The summed E-state index contributed by atoms with van der Waals surface area (Å²) in [6.45, 7) is 1.97. The number of carboxylic acid groups (broad SMARTS) is 1. The molecule has 0 radical (unpaired) electrons. The second-order valence-electron chi connectivity index (χ2n) is 4.66. The Labute approximate surface area is 103 Å². The number of aryl methyl sites for hydroxylation is 1. The van der Waals surface area contributed by atoms with Crippen molar-refractivity contribution in [2.75, 3.05) is 0 Å². The zero-order valence-corrected chi connectivity index (χ0v) is 10.4. The lowest BCUT2D eigenvalue weighted by atomic mass is 9.64. The number of thiazole rings is 1. The number of carboxylic acids is 1. The Morgan fingerprint density at radius 1 is 1.47 bits per heavy atom. The van der Waals surface area contributed by atoms with Crippen LogP contribution in [0.5, 0.6) is 0 Å². The minimum absolute atomic E-state index is 0.633. The Morgan fingerprint density at radius 3 is 2.82 bits per heavy atom. The number of aromatic nitrogens is 1. The van der Waals surface area contributed by atoms with Crippen molar-refractivity contribution in [1.82, 2.24) is 4.98 Å². The number of fused-ring (bicyclic) bond motifs is 1. The van der Waals surface area contributed by atoms with Crippen molar-refractivity contribution in [2.24, 2.45) is 0 Å². The van der Waals surface area contributed by atoms with Crippen molar-refractivity contribution in [3.63, 3.8) is 0 Å². The van der Waals surface area contributed by atoms with Crippen LogP contribution in [-0.4, -0.2) is 16.1 Å². The SMILES string of the molecule is Cc1nc2ccc(C3(C(=O)O)CCC3)cc2s1. The summed E-state index contributed by atoms with van der Waals surface area (Å²) >= 11 is 1.62. The molecule has 0 unspecified atom stereocenters. The molecule has 1 aromatic heterocycles. The van der Waals surface area contributed by atoms with Crippen LogP contribution >= 0.6 is 11.3 Å². The first-order valence-corrected chi connectivity index (χ1v) is 6.54. The zero-order valence-electron chi connectivity index (χ0n) is 9.56. The van der Waals surface area contributed by atoms with Crippen LogP contribution in [0, 0.1) is 6.92 Å². The lowest BCUT2D eigenvalue weighted by molar-refractivity contribution is -0.147. The molecule has 1 aliphatic carbocycles. The monoisotopic (exact) mass is 247 g/mol. The summed E-state index contributed by atoms with van der Waals surface area (Å²) in [4.78, 5) is 15.8. The molecular formula is C13H13NO2S. The van der Waals surface area contributed by atoms with Gasteiger partial charge >= 0.3 is 5.97 Å². The van der Waals surface area contributed by atoms with E-state index in [2.05, 4.69) is 4.98 Å². The van der Waals surface area contributed by atoms with E-state index in [1.54, 1.807) is 11.3 Å². The zero-order chi connectivity index (χ0) is 12.0. The smallest absolute Gasteiger partial charge is 0.314 e.